The van der Waals surface area contributed by atoms with Gasteiger partial charge in [0.05, 0.1) is 6.61 Å². The highest BCUT2D eigenvalue weighted by atomic mass is 19.4. The molecule has 174 valence electrons. The Kier molecular flexibility index (Phi) is 10.1. The van der Waals surface area contributed by atoms with Gasteiger partial charge in [0, 0.05) is 5.56 Å². The van der Waals surface area contributed by atoms with E-state index in [-0.39, 0.29) is 0 Å². The van der Waals surface area contributed by atoms with E-state index in [0.717, 1.165) is 37.1 Å². The van der Waals surface area contributed by atoms with E-state index >= 15 is 0 Å². The summed E-state index contributed by atoms with van der Waals surface area (Å²) in [5.41, 5.74) is -2.26. The molecule has 31 heavy (non-hydrogen) atoms. The van der Waals surface area contributed by atoms with Crippen molar-refractivity contribution in [2.24, 2.45) is 0 Å². The van der Waals surface area contributed by atoms with Crippen LogP contribution in [0.3, 0.4) is 0 Å². The molecular formula is C24H30F6O. The summed E-state index contributed by atoms with van der Waals surface area (Å²) in [6.07, 6.45) is -2.85. The molecule has 0 atom stereocenters. The molecule has 7 heteroatoms. The Morgan fingerprint density at radius 3 is 1.71 bits per heavy atom. The van der Waals surface area contributed by atoms with Gasteiger partial charge >= 0.3 is 12.4 Å². The lowest BCUT2D eigenvalue weighted by atomic mass is 9.92. The summed E-state index contributed by atoms with van der Waals surface area (Å²) in [6.45, 7) is 6.92. The highest BCUT2D eigenvalue weighted by Crippen LogP contribution is 2.52. The van der Waals surface area contributed by atoms with Gasteiger partial charge in [0.25, 0.3) is 5.60 Å². The number of halogens is 6. The average molecular weight is 448 g/mol. The maximum absolute atomic E-state index is 13.6. The molecule has 1 aromatic carbocycles. The molecule has 1 aromatic rings. The monoisotopic (exact) mass is 448 g/mol. The summed E-state index contributed by atoms with van der Waals surface area (Å²) in [4.78, 5) is 0. The van der Waals surface area contributed by atoms with Crippen molar-refractivity contribution in [3.8, 4) is 0 Å². The van der Waals surface area contributed by atoms with Gasteiger partial charge in [-0.2, -0.15) is 26.3 Å². The van der Waals surface area contributed by atoms with Crippen LogP contribution in [0.1, 0.15) is 58.9 Å². The number of rotatable bonds is 10. The predicted octanol–water partition coefficient (Wildman–Crippen LogP) is 8.44. The number of alkyl halides is 6. The Labute approximate surface area is 180 Å². The maximum atomic E-state index is 13.6. The standard InChI is InChI=1S/C24H30F6O/c1-18(2)10-8-11-19(3)12-9-13-20(4)16-17-31-22(23(25,26)27,24(28,29)30)21-14-6-5-7-15-21/h5-7,10,12,14-16H,8-9,11,13,17H2,1-4H3/b19-12+,20-16+. The number of hydrogen-bond donors (Lipinski definition) is 0. The van der Waals surface area contributed by atoms with Gasteiger partial charge in [-0.15, -0.1) is 0 Å². The smallest absolute Gasteiger partial charge is 0.350 e. The van der Waals surface area contributed by atoms with Crippen LogP contribution >= 0.6 is 0 Å². The third-order valence-electron chi connectivity index (χ3n) is 4.83. The molecule has 0 aliphatic carbocycles. The fourth-order valence-electron chi connectivity index (χ4n) is 3.06. The highest BCUT2D eigenvalue weighted by Gasteiger charge is 2.73. The lowest BCUT2D eigenvalue weighted by Crippen LogP contribution is -2.56. The number of allylic oxidation sites excluding steroid dienone is 5. The summed E-state index contributed by atoms with van der Waals surface area (Å²) in [5, 5.41) is 0. The molecule has 0 saturated heterocycles. The van der Waals surface area contributed by atoms with E-state index < -0.39 is 30.1 Å². The molecule has 0 fully saturated rings. The summed E-state index contributed by atoms with van der Waals surface area (Å²) in [5.74, 6) is 0. The second kappa shape index (κ2) is 11.6. The molecule has 0 spiro atoms. The SMILES string of the molecule is CC(C)=CCC/C(C)=C/CC/C(C)=C/COC(c1ccccc1)(C(F)(F)F)C(F)(F)F. The van der Waals surface area contributed by atoms with Gasteiger partial charge < -0.3 is 4.74 Å². The first-order valence-corrected chi connectivity index (χ1v) is 10.1. The molecule has 0 bridgehead atoms. The van der Waals surface area contributed by atoms with Crippen molar-refractivity contribution in [2.45, 2.75) is 71.3 Å². The summed E-state index contributed by atoms with van der Waals surface area (Å²) < 4.78 is 86.5. The normalized spacial score (nSPS) is 14.0. The highest BCUT2D eigenvalue weighted by molar-refractivity contribution is 5.27. The third kappa shape index (κ3) is 7.87. The molecule has 0 amide bonds. The van der Waals surface area contributed by atoms with Gasteiger partial charge in [0.1, 0.15) is 0 Å². The van der Waals surface area contributed by atoms with E-state index in [4.69, 9.17) is 0 Å². The second-order valence-corrected chi connectivity index (χ2v) is 7.81. The van der Waals surface area contributed by atoms with E-state index in [1.54, 1.807) is 6.92 Å². The average Bonchev–Trinajstić information content (AvgIpc) is 2.63. The zero-order chi connectivity index (χ0) is 23.7. The molecule has 1 nitrogen and oxygen atoms in total. The molecule has 0 heterocycles. The minimum Gasteiger partial charge on any atom is -0.350 e. The predicted molar refractivity (Wildman–Crippen MR) is 112 cm³/mol. The Morgan fingerprint density at radius 2 is 1.23 bits per heavy atom. The molecule has 0 N–H and O–H groups in total. The summed E-state index contributed by atoms with van der Waals surface area (Å²) >= 11 is 0. The second-order valence-electron chi connectivity index (χ2n) is 7.81. The van der Waals surface area contributed by atoms with Gasteiger partial charge in [0.2, 0.25) is 0 Å². The topological polar surface area (TPSA) is 9.23 Å². The van der Waals surface area contributed by atoms with Crippen molar-refractivity contribution in [3.05, 3.63) is 70.8 Å². The van der Waals surface area contributed by atoms with Crippen molar-refractivity contribution in [1.82, 2.24) is 0 Å². The Morgan fingerprint density at radius 1 is 0.742 bits per heavy atom. The van der Waals surface area contributed by atoms with Gasteiger partial charge in [-0.05, 0) is 53.4 Å². The first-order chi connectivity index (χ1) is 14.3. The van der Waals surface area contributed by atoms with Crippen molar-refractivity contribution in [2.75, 3.05) is 6.61 Å². The van der Waals surface area contributed by atoms with Crippen LogP contribution in [0.4, 0.5) is 26.3 Å². The van der Waals surface area contributed by atoms with Gasteiger partial charge in [-0.25, -0.2) is 0 Å². The third-order valence-corrected chi connectivity index (χ3v) is 4.83. The van der Waals surface area contributed by atoms with E-state index in [1.165, 1.54) is 23.3 Å². The van der Waals surface area contributed by atoms with Gasteiger partial charge in [-0.1, -0.05) is 65.3 Å². The summed E-state index contributed by atoms with van der Waals surface area (Å²) in [6, 6.07) is 5.15. The molecular weight excluding hydrogens is 418 g/mol. The van der Waals surface area contributed by atoms with Crippen LogP contribution in [0.15, 0.2) is 65.3 Å². The van der Waals surface area contributed by atoms with Crippen LogP contribution in [-0.4, -0.2) is 19.0 Å². The first-order valence-electron chi connectivity index (χ1n) is 10.1. The summed E-state index contributed by atoms with van der Waals surface area (Å²) in [7, 11) is 0. The Bertz CT molecular complexity index is 751. The minimum atomic E-state index is -5.67. The van der Waals surface area contributed by atoms with Gasteiger partial charge in [0.15, 0.2) is 0 Å². The largest absolute Gasteiger partial charge is 0.430 e. The zero-order valence-corrected chi connectivity index (χ0v) is 18.3. The van der Waals surface area contributed by atoms with Crippen LogP contribution in [-0.2, 0) is 10.3 Å². The Hall–Kier alpha value is -2.02. The Balaban J connectivity index is 2.86. The lowest BCUT2D eigenvalue weighted by Gasteiger charge is -2.37. The number of hydrogen-bond acceptors (Lipinski definition) is 1. The van der Waals surface area contributed by atoms with E-state index in [2.05, 4.69) is 10.8 Å². The van der Waals surface area contributed by atoms with Gasteiger partial charge in [-0.3, -0.25) is 0 Å². The molecule has 0 unspecified atom stereocenters. The number of benzene rings is 1. The fourth-order valence-corrected chi connectivity index (χ4v) is 3.06. The van der Waals surface area contributed by atoms with Crippen molar-refractivity contribution >= 4 is 0 Å². The molecule has 0 aliphatic heterocycles. The quantitative estimate of drug-likeness (QED) is 0.258. The van der Waals surface area contributed by atoms with E-state index in [1.807, 2.05) is 26.8 Å². The van der Waals surface area contributed by atoms with E-state index in [9.17, 15) is 26.3 Å². The fraction of sp³-hybridized carbons (Fsp3) is 0.500. The molecule has 0 radical (unpaired) electrons. The first kappa shape index (κ1) is 27.0. The number of ether oxygens (including phenoxy) is 1. The van der Waals surface area contributed by atoms with Crippen LogP contribution in [0.25, 0.3) is 0 Å². The maximum Gasteiger partial charge on any atom is 0.430 e. The zero-order valence-electron chi connectivity index (χ0n) is 18.3. The van der Waals surface area contributed by atoms with Crippen LogP contribution in [0.2, 0.25) is 0 Å². The van der Waals surface area contributed by atoms with Crippen LogP contribution in [0.5, 0.6) is 0 Å². The van der Waals surface area contributed by atoms with Crippen LogP contribution in [0, 0.1) is 0 Å². The molecule has 1 rings (SSSR count). The van der Waals surface area contributed by atoms with Crippen LogP contribution < -0.4 is 0 Å². The van der Waals surface area contributed by atoms with E-state index in [0.29, 0.717) is 18.4 Å². The van der Waals surface area contributed by atoms with Crippen molar-refractivity contribution < 1.29 is 31.1 Å². The van der Waals surface area contributed by atoms with Crippen molar-refractivity contribution in [1.29, 1.82) is 0 Å². The van der Waals surface area contributed by atoms with Crippen molar-refractivity contribution in [3.63, 3.8) is 0 Å². The molecule has 0 saturated carbocycles. The minimum absolute atomic E-state index is 0.527. The lowest BCUT2D eigenvalue weighted by molar-refractivity contribution is -0.387. The molecule has 0 aliphatic rings. The molecule has 0 aromatic heterocycles.